The fourth-order valence-corrected chi connectivity index (χ4v) is 2.45. The zero-order valence-corrected chi connectivity index (χ0v) is 11.1. The maximum absolute atomic E-state index is 13.6. The summed E-state index contributed by atoms with van der Waals surface area (Å²) in [5.74, 6) is 4.55. The lowest BCUT2D eigenvalue weighted by molar-refractivity contribution is 0.557. The number of aryl methyl sites for hydroxylation is 1. The lowest BCUT2D eigenvalue weighted by Gasteiger charge is -2.08. The van der Waals surface area contributed by atoms with Gasteiger partial charge in [0.1, 0.15) is 10.7 Å². The SMILES string of the molecule is CC#CCCNS(=O)(=O)c1cc(N)c(C)cc1F. The van der Waals surface area contributed by atoms with Crippen molar-refractivity contribution in [1.82, 2.24) is 4.72 Å². The Bertz CT molecular complexity index is 600. The molecule has 6 heteroatoms. The third kappa shape index (κ3) is 3.45. The Hall–Kier alpha value is -1.58. The zero-order chi connectivity index (χ0) is 13.8. The molecule has 0 unspecified atom stereocenters. The summed E-state index contributed by atoms with van der Waals surface area (Å²) in [5, 5.41) is 0. The first-order valence-electron chi connectivity index (χ1n) is 5.33. The molecule has 3 N–H and O–H groups in total. The largest absolute Gasteiger partial charge is 0.398 e. The van der Waals surface area contributed by atoms with Crippen molar-refractivity contribution in [2.75, 3.05) is 12.3 Å². The van der Waals surface area contributed by atoms with E-state index >= 15 is 0 Å². The molecule has 0 amide bonds. The fraction of sp³-hybridized carbons (Fsp3) is 0.333. The van der Waals surface area contributed by atoms with Crippen molar-refractivity contribution in [3.63, 3.8) is 0 Å². The first-order chi connectivity index (χ1) is 8.38. The van der Waals surface area contributed by atoms with Gasteiger partial charge in [0.05, 0.1) is 0 Å². The average molecular weight is 270 g/mol. The summed E-state index contributed by atoms with van der Waals surface area (Å²) < 4.78 is 39.5. The van der Waals surface area contributed by atoms with Gasteiger partial charge in [-0.15, -0.1) is 11.8 Å². The van der Waals surface area contributed by atoms with Crippen LogP contribution < -0.4 is 10.5 Å². The third-order valence-corrected chi connectivity index (χ3v) is 3.80. The monoisotopic (exact) mass is 270 g/mol. The van der Waals surface area contributed by atoms with Crippen LogP contribution in [0, 0.1) is 24.6 Å². The number of benzene rings is 1. The van der Waals surface area contributed by atoms with Crippen LogP contribution >= 0.6 is 0 Å². The summed E-state index contributed by atoms with van der Waals surface area (Å²) >= 11 is 0. The van der Waals surface area contributed by atoms with Gasteiger partial charge >= 0.3 is 0 Å². The number of rotatable bonds is 4. The molecule has 0 bridgehead atoms. The Kier molecular flexibility index (Phi) is 4.70. The molecule has 0 aliphatic carbocycles. The summed E-state index contributed by atoms with van der Waals surface area (Å²) in [6, 6.07) is 2.23. The Labute approximate surface area is 106 Å². The van der Waals surface area contributed by atoms with E-state index in [9.17, 15) is 12.8 Å². The highest BCUT2D eigenvalue weighted by molar-refractivity contribution is 7.89. The van der Waals surface area contributed by atoms with Gasteiger partial charge in [-0.05, 0) is 31.5 Å². The second-order valence-electron chi connectivity index (χ2n) is 3.71. The zero-order valence-electron chi connectivity index (χ0n) is 10.2. The molecule has 1 aromatic carbocycles. The number of nitrogen functional groups attached to an aromatic ring is 1. The van der Waals surface area contributed by atoms with Crippen LogP contribution in [-0.4, -0.2) is 15.0 Å². The number of nitrogens with two attached hydrogens (primary N) is 1. The molecule has 0 aliphatic heterocycles. The van der Waals surface area contributed by atoms with Gasteiger partial charge in [0.25, 0.3) is 0 Å². The number of anilines is 1. The predicted molar refractivity (Wildman–Crippen MR) is 68.8 cm³/mol. The van der Waals surface area contributed by atoms with Crippen LogP contribution in [0.25, 0.3) is 0 Å². The van der Waals surface area contributed by atoms with Gasteiger partial charge in [0.15, 0.2) is 0 Å². The van der Waals surface area contributed by atoms with E-state index in [1.165, 1.54) is 0 Å². The summed E-state index contributed by atoms with van der Waals surface area (Å²) in [4.78, 5) is -0.435. The molecule has 0 aliphatic rings. The molecular weight excluding hydrogens is 255 g/mol. The molecule has 0 saturated carbocycles. The number of sulfonamides is 1. The normalized spacial score (nSPS) is 10.8. The van der Waals surface area contributed by atoms with Crippen LogP contribution in [0.15, 0.2) is 17.0 Å². The van der Waals surface area contributed by atoms with Gasteiger partial charge in [-0.2, -0.15) is 0 Å². The van der Waals surface area contributed by atoms with Crippen LogP contribution in [-0.2, 0) is 10.0 Å². The van der Waals surface area contributed by atoms with Crippen LogP contribution in [0.2, 0.25) is 0 Å². The molecule has 0 saturated heterocycles. The van der Waals surface area contributed by atoms with Crippen molar-refractivity contribution in [3.05, 3.63) is 23.5 Å². The van der Waals surface area contributed by atoms with Crippen molar-refractivity contribution < 1.29 is 12.8 Å². The molecule has 1 aromatic rings. The van der Waals surface area contributed by atoms with E-state index in [0.29, 0.717) is 12.0 Å². The Balaban J connectivity index is 2.97. The lowest BCUT2D eigenvalue weighted by atomic mass is 10.2. The molecule has 98 valence electrons. The van der Waals surface area contributed by atoms with Crippen LogP contribution in [0.3, 0.4) is 0 Å². The van der Waals surface area contributed by atoms with E-state index in [-0.39, 0.29) is 12.2 Å². The van der Waals surface area contributed by atoms with Crippen LogP contribution in [0.5, 0.6) is 0 Å². The molecule has 0 spiro atoms. The van der Waals surface area contributed by atoms with Gasteiger partial charge in [-0.25, -0.2) is 17.5 Å². The van der Waals surface area contributed by atoms with E-state index in [2.05, 4.69) is 16.6 Å². The van der Waals surface area contributed by atoms with Crippen LogP contribution in [0.4, 0.5) is 10.1 Å². The average Bonchev–Trinajstić information content (AvgIpc) is 2.29. The van der Waals surface area contributed by atoms with Gasteiger partial charge < -0.3 is 5.73 Å². The van der Waals surface area contributed by atoms with Gasteiger partial charge in [0, 0.05) is 18.7 Å². The minimum atomic E-state index is -3.88. The minimum absolute atomic E-state index is 0.135. The quantitative estimate of drug-likeness (QED) is 0.493. The Morgan fingerprint density at radius 1 is 1.44 bits per heavy atom. The van der Waals surface area contributed by atoms with E-state index in [4.69, 9.17) is 5.73 Å². The number of nitrogens with one attached hydrogen (secondary N) is 1. The van der Waals surface area contributed by atoms with Crippen molar-refractivity contribution in [2.45, 2.75) is 25.2 Å². The van der Waals surface area contributed by atoms with E-state index in [0.717, 1.165) is 12.1 Å². The topological polar surface area (TPSA) is 72.2 Å². The third-order valence-electron chi connectivity index (χ3n) is 2.33. The standard InChI is InChI=1S/C12H15FN2O2S/c1-3-4-5-6-15-18(16,17)12-8-11(14)9(2)7-10(12)13/h7-8,15H,5-6,14H2,1-2H3. The highest BCUT2D eigenvalue weighted by Crippen LogP contribution is 2.21. The molecule has 1 rings (SSSR count). The second kappa shape index (κ2) is 5.85. The van der Waals surface area contributed by atoms with Gasteiger partial charge in [0.2, 0.25) is 10.0 Å². The summed E-state index contributed by atoms with van der Waals surface area (Å²) in [6.07, 6.45) is 0.374. The number of halogens is 1. The molecule has 0 radical (unpaired) electrons. The predicted octanol–water partition coefficient (Wildman–Crippen LogP) is 1.41. The maximum Gasteiger partial charge on any atom is 0.243 e. The first kappa shape index (κ1) is 14.5. The Morgan fingerprint density at radius 3 is 2.72 bits per heavy atom. The lowest BCUT2D eigenvalue weighted by Crippen LogP contribution is -2.25. The van der Waals surface area contributed by atoms with Gasteiger partial charge in [-0.3, -0.25) is 0 Å². The van der Waals surface area contributed by atoms with Crippen molar-refractivity contribution in [3.8, 4) is 11.8 Å². The number of hydrogen-bond donors (Lipinski definition) is 2. The van der Waals surface area contributed by atoms with Crippen LogP contribution in [0.1, 0.15) is 18.9 Å². The van der Waals surface area contributed by atoms with E-state index in [1.54, 1.807) is 13.8 Å². The smallest absolute Gasteiger partial charge is 0.243 e. The highest BCUT2D eigenvalue weighted by atomic mass is 32.2. The molecule has 0 fully saturated rings. The maximum atomic E-state index is 13.6. The molecular formula is C12H15FN2O2S. The molecule has 18 heavy (non-hydrogen) atoms. The molecule has 4 nitrogen and oxygen atoms in total. The van der Waals surface area contributed by atoms with E-state index < -0.39 is 20.7 Å². The summed E-state index contributed by atoms with van der Waals surface area (Å²) in [6.45, 7) is 3.41. The highest BCUT2D eigenvalue weighted by Gasteiger charge is 2.19. The Morgan fingerprint density at radius 2 is 2.11 bits per heavy atom. The summed E-state index contributed by atoms with van der Waals surface area (Å²) in [7, 11) is -3.88. The minimum Gasteiger partial charge on any atom is -0.398 e. The summed E-state index contributed by atoms with van der Waals surface area (Å²) in [5.41, 5.74) is 6.33. The molecule has 0 aromatic heterocycles. The first-order valence-corrected chi connectivity index (χ1v) is 6.81. The fourth-order valence-electron chi connectivity index (χ4n) is 1.33. The molecule has 0 atom stereocenters. The number of hydrogen-bond acceptors (Lipinski definition) is 3. The van der Waals surface area contributed by atoms with Crippen molar-refractivity contribution >= 4 is 15.7 Å². The van der Waals surface area contributed by atoms with Crippen molar-refractivity contribution in [1.29, 1.82) is 0 Å². The second-order valence-corrected chi connectivity index (χ2v) is 5.45. The van der Waals surface area contributed by atoms with E-state index in [1.807, 2.05) is 0 Å². The molecule has 0 heterocycles. The van der Waals surface area contributed by atoms with Crippen molar-refractivity contribution in [2.24, 2.45) is 0 Å². The van der Waals surface area contributed by atoms with Gasteiger partial charge in [-0.1, -0.05) is 0 Å².